The zero-order chi connectivity index (χ0) is 19.0. The molecule has 27 heavy (non-hydrogen) atoms. The number of rotatable bonds is 8. The minimum absolute atomic E-state index is 0.0369. The second-order valence-corrected chi connectivity index (χ2v) is 8.16. The van der Waals surface area contributed by atoms with Crippen molar-refractivity contribution in [2.75, 3.05) is 0 Å². The van der Waals surface area contributed by atoms with Crippen LogP contribution >= 0.6 is 11.8 Å². The number of nitrogens with two attached hydrogens (primary N) is 1. The van der Waals surface area contributed by atoms with Crippen LogP contribution in [-0.2, 0) is 11.3 Å². The number of aromatic amines is 1. The topological polar surface area (TPSA) is 107 Å². The number of aromatic nitrogens is 4. The van der Waals surface area contributed by atoms with Crippen LogP contribution in [0.25, 0.3) is 10.9 Å². The average Bonchev–Trinajstić information content (AvgIpc) is 3.29. The van der Waals surface area contributed by atoms with Crippen LogP contribution in [0.5, 0.6) is 0 Å². The Morgan fingerprint density at radius 3 is 2.85 bits per heavy atom. The van der Waals surface area contributed by atoms with Gasteiger partial charge in [-0.2, -0.15) is 0 Å². The summed E-state index contributed by atoms with van der Waals surface area (Å²) < 4.78 is 1.95. The Morgan fingerprint density at radius 1 is 1.33 bits per heavy atom. The van der Waals surface area contributed by atoms with Gasteiger partial charge in [-0.1, -0.05) is 30.0 Å². The van der Waals surface area contributed by atoms with Crippen molar-refractivity contribution in [2.45, 2.75) is 49.1 Å². The molecular formula is C19H21N5O2S. The number of thioether (sulfide) groups is 1. The van der Waals surface area contributed by atoms with Gasteiger partial charge in [0.2, 0.25) is 5.91 Å². The number of carbonyl (C=O) groups excluding carboxylic acids is 2. The summed E-state index contributed by atoms with van der Waals surface area (Å²) >= 11 is 1.38. The van der Waals surface area contributed by atoms with Gasteiger partial charge in [0.15, 0.2) is 10.9 Å². The number of fused-ring (bicyclic) bond motifs is 1. The Labute approximate surface area is 160 Å². The van der Waals surface area contributed by atoms with Gasteiger partial charge in [-0.3, -0.25) is 9.59 Å². The molecule has 1 fully saturated rings. The molecule has 8 heteroatoms. The maximum absolute atomic E-state index is 13.0. The van der Waals surface area contributed by atoms with E-state index >= 15 is 0 Å². The maximum Gasteiger partial charge on any atom is 0.219 e. The van der Waals surface area contributed by atoms with Gasteiger partial charge in [0.05, 0.1) is 5.25 Å². The monoisotopic (exact) mass is 383 g/mol. The molecule has 2 heterocycles. The van der Waals surface area contributed by atoms with Crippen LogP contribution in [0, 0.1) is 0 Å². The molecule has 0 spiro atoms. The van der Waals surface area contributed by atoms with Gasteiger partial charge in [-0.05, 0) is 25.8 Å². The van der Waals surface area contributed by atoms with Crippen LogP contribution in [0.3, 0.4) is 0 Å². The number of ketones is 1. The summed E-state index contributed by atoms with van der Waals surface area (Å²) in [5.74, 6) is 0.976. The number of H-pyrrole nitrogens is 1. The fourth-order valence-corrected chi connectivity index (χ4v) is 4.12. The molecular weight excluding hydrogens is 362 g/mol. The predicted octanol–water partition coefficient (Wildman–Crippen LogP) is 2.88. The molecule has 1 saturated carbocycles. The summed E-state index contributed by atoms with van der Waals surface area (Å²) in [7, 11) is 0. The number of para-hydroxylation sites is 1. The number of Topliss-reactive ketones (excluding diaryl/α,β-unsaturated/α-hetero) is 1. The van der Waals surface area contributed by atoms with E-state index in [1.165, 1.54) is 11.8 Å². The maximum atomic E-state index is 13.0. The Hall–Kier alpha value is -2.61. The van der Waals surface area contributed by atoms with E-state index in [2.05, 4.69) is 15.2 Å². The van der Waals surface area contributed by atoms with Crippen molar-refractivity contribution >= 4 is 34.4 Å². The summed E-state index contributed by atoms with van der Waals surface area (Å²) in [5, 5.41) is 9.85. The lowest BCUT2D eigenvalue weighted by atomic mass is 10.1. The second-order valence-electron chi connectivity index (χ2n) is 6.86. The third kappa shape index (κ3) is 3.62. The second kappa shape index (κ2) is 7.19. The Morgan fingerprint density at radius 2 is 2.11 bits per heavy atom. The number of primary amides is 1. The largest absolute Gasteiger partial charge is 0.370 e. The standard InChI is InChI=1S/C19H21N5O2S/c1-11(17(26)14-10-21-15-5-3-2-4-13(14)15)27-19-23-22-18(12-6-7-12)24(19)9-8-16(20)25/h2-5,10-12,21H,6-9H2,1H3,(H2,20,25). The van der Waals surface area contributed by atoms with Gasteiger partial charge in [-0.25, -0.2) is 0 Å². The number of amides is 1. The van der Waals surface area contributed by atoms with E-state index < -0.39 is 0 Å². The molecule has 3 N–H and O–H groups in total. The molecule has 1 amide bonds. The third-order valence-corrected chi connectivity index (χ3v) is 5.86. The minimum Gasteiger partial charge on any atom is -0.370 e. The minimum atomic E-state index is -0.357. The molecule has 1 aliphatic carbocycles. The smallest absolute Gasteiger partial charge is 0.219 e. The van der Waals surface area contributed by atoms with Gasteiger partial charge in [0.25, 0.3) is 0 Å². The summed E-state index contributed by atoms with van der Waals surface area (Å²) in [6, 6.07) is 7.75. The van der Waals surface area contributed by atoms with Gasteiger partial charge >= 0.3 is 0 Å². The van der Waals surface area contributed by atoms with Crippen molar-refractivity contribution < 1.29 is 9.59 Å². The normalized spacial score (nSPS) is 15.1. The first kappa shape index (κ1) is 17.8. The molecule has 3 aromatic rings. The van der Waals surface area contributed by atoms with Crippen LogP contribution in [0.1, 0.15) is 48.3 Å². The number of hydrogen-bond donors (Lipinski definition) is 2. The van der Waals surface area contributed by atoms with E-state index in [1.54, 1.807) is 6.20 Å². The third-order valence-electron chi connectivity index (χ3n) is 4.78. The number of benzene rings is 1. The highest BCUT2D eigenvalue weighted by molar-refractivity contribution is 8.00. The molecule has 0 saturated heterocycles. The molecule has 0 radical (unpaired) electrons. The zero-order valence-corrected chi connectivity index (χ0v) is 15.8. The lowest BCUT2D eigenvalue weighted by Crippen LogP contribution is -2.17. The molecule has 1 unspecified atom stereocenters. The molecule has 1 aliphatic rings. The zero-order valence-electron chi connectivity index (χ0n) is 15.0. The summed E-state index contributed by atoms with van der Waals surface area (Å²) in [5.41, 5.74) is 6.93. The van der Waals surface area contributed by atoms with Gasteiger partial charge in [0.1, 0.15) is 5.82 Å². The van der Waals surface area contributed by atoms with Crippen LogP contribution in [0.4, 0.5) is 0 Å². The molecule has 0 aliphatic heterocycles. The van der Waals surface area contributed by atoms with E-state index in [4.69, 9.17) is 5.73 Å². The highest BCUT2D eigenvalue weighted by Crippen LogP contribution is 2.40. The quantitative estimate of drug-likeness (QED) is 0.459. The fourth-order valence-electron chi connectivity index (χ4n) is 3.17. The van der Waals surface area contributed by atoms with Crippen molar-refractivity contribution in [1.82, 2.24) is 19.7 Å². The fraction of sp³-hybridized carbons (Fsp3) is 0.368. The van der Waals surface area contributed by atoms with Crippen molar-refractivity contribution in [3.63, 3.8) is 0 Å². The molecule has 4 rings (SSSR count). The Kier molecular flexibility index (Phi) is 4.73. The Balaban J connectivity index is 1.56. The van der Waals surface area contributed by atoms with E-state index in [-0.39, 0.29) is 23.4 Å². The first-order valence-corrected chi connectivity index (χ1v) is 9.91. The molecule has 7 nitrogen and oxygen atoms in total. The number of nitrogens with one attached hydrogen (secondary N) is 1. The lowest BCUT2D eigenvalue weighted by Gasteiger charge is -2.12. The van der Waals surface area contributed by atoms with Crippen LogP contribution in [0.2, 0.25) is 0 Å². The van der Waals surface area contributed by atoms with Crippen molar-refractivity contribution in [3.05, 3.63) is 41.9 Å². The van der Waals surface area contributed by atoms with E-state index in [0.29, 0.717) is 23.2 Å². The SMILES string of the molecule is CC(Sc1nnc(C2CC2)n1CCC(N)=O)C(=O)c1c[nH]c2ccccc12. The highest BCUT2D eigenvalue weighted by Gasteiger charge is 2.31. The molecule has 1 aromatic carbocycles. The molecule has 2 aromatic heterocycles. The van der Waals surface area contributed by atoms with Crippen LogP contribution in [0.15, 0.2) is 35.6 Å². The lowest BCUT2D eigenvalue weighted by molar-refractivity contribution is -0.118. The highest BCUT2D eigenvalue weighted by atomic mass is 32.2. The first-order valence-electron chi connectivity index (χ1n) is 9.03. The van der Waals surface area contributed by atoms with Gasteiger partial charge < -0.3 is 15.3 Å². The van der Waals surface area contributed by atoms with Crippen molar-refractivity contribution in [2.24, 2.45) is 5.73 Å². The van der Waals surface area contributed by atoms with E-state index in [9.17, 15) is 9.59 Å². The summed E-state index contributed by atoms with van der Waals surface area (Å²) in [6.07, 6.45) is 4.17. The van der Waals surface area contributed by atoms with Crippen LogP contribution in [-0.4, -0.2) is 36.7 Å². The van der Waals surface area contributed by atoms with Gasteiger partial charge in [0, 0.05) is 41.5 Å². The molecule has 1 atom stereocenters. The number of hydrogen-bond acceptors (Lipinski definition) is 5. The first-order chi connectivity index (χ1) is 13.0. The average molecular weight is 383 g/mol. The summed E-state index contributed by atoms with van der Waals surface area (Å²) in [4.78, 5) is 27.3. The molecule has 140 valence electrons. The van der Waals surface area contributed by atoms with Crippen molar-refractivity contribution in [3.8, 4) is 0 Å². The van der Waals surface area contributed by atoms with Gasteiger partial charge in [-0.15, -0.1) is 10.2 Å². The number of carbonyl (C=O) groups is 2. The predicted molar refractivity (Wildman–Crippen MR) is 104 cm³/mol. The number of nitrogens with zero attached hydrogens (tertiary/aromatic N) is 3. The Bertz CT molecular complexity index is 1000. The van der Waals surface area contributed by atoms with E-state index in [0.717, 1.165) is 29.6 Å². The van der Waals surface area contributed by atoms with Crippen molar-refractivity contribution in [1.29, 1.82) is 0 Å². The van der Waals surface area contributed by atoms with E-state index in [1.807, 2.05) is 35.8 Å². The molecule has 0 bridgehead atoms. The summed E-state index contributed by atoms with van der Waals surface area (Å²) in [6.45, 7) is 2.32. The van der Waals surface area contributed by atoms with Crippen LogP contribution < -0.4 is 5.73 Å².